The van der Waals surface area contributed by atoms with Gasteiger partial charge in [-0.2, -0.15) is 0 Å². The largest absolute Gasteiger partial charge is 0.355 e. The Hall–Kier alpha value is -2.02. The number of carbonyl (C=O) groups excluding carboxylic acids is 3. The number of aromatic nitrogens is 1. The van der Waals surface area contributed by atoms with Gasteiger partial charge in [0.05, 0.1) is 4.91 Å². The first-order chi connectivity index (χ1) is 10.8. The molecular weight excluding hydrogens is 314 g/mol. The second-order valence-corrected chi connectivity index (χ2v) is 6.50. The zero-order chi connectivity index (χ0) is 17.1. The van der Waals surface area contributed by atoms with Crippen LogP contribution in [-0.4, -0.2) is 39.6 Å². The van der Waals surface area contributed by atoms with E-state index < -0.39 is 11.1 Å². The van der Waals surface area contributed by atoms with Crippen LogP contribution in [0.15, 0.2) is 11.0 Å². The van der Waals surface area contributed by atoms with Crippen molar-refractivity contribution in [1.29, 1.82) is 0 Å². The molecule has 0 radical (unpaired) electrons. The summed E-state index contributed by atoms with van der Waals surface area (Å²) in [4.78, 5) is 37.4. The normalized spacial score (nSPS) is 16.5. The number of nitrogens with one attached hydrogen (secondary N) is 1. The molecule has 23 heavy (non-hydrogen) atoms. The molecule has 0 spiro atoms. The Labute approximate surface area is 139 Å². The maximum absolute atomic E-state index is 12.4. The Balaban J connectivity index is 2.16. The Morgan fingerprint density at radius 1 is 1.35 bits per heavy atom. The first kappa shape index (κ1) is 17.3. The number of amides is 3. The third kappa shape index (κ3) is 3.67. The summed E-state index contributed by atoms with van der Waals surface area (Å²) in [6.07, 6.45) is 2.53. The van der Waals surface area contributed by atoms with Crippen LogP contribution < -0.4 is 5.32 Å². The van der Waals surface area contributed by atoms with Gasteiger partial charge in [0, 0.05) is 25.0 Å². The molecule has 1 fully saturated rings. The Bertz CT molecular complexity index is 691. The van der Waals surface area contributed by atoms with E-state index in [2.05, 4.69) is 5.32 Å². The fourth-order valence-electron chi connectivity index (χ4n) is 2.27. The predicted molar refractivity (Wildman–Crippen MR) is 90.9 cm³/mol. The number of aryl methyl sites for hydroxylation is 1. The van der Waals surface area contributed by atoms with Crippen molar-refractivity contribution in [3.8, 4) is 0 Å². The van der Waals surface area contributed by atoms with Crippen LogP contribution in [0.2, 0.25) is 0 Å². The van der Waals surface area contributed by atoms with E-state index >= 15 is 0 Å². The van der Waals surface area contributed by atoms with E-state index in [1.54, 1.807) is 6.08 Å². The maximum Gasteiger partial charge on any atom is 0.294 e. The van der Waals surface area contributed by atoms with Crippen molar-refractivity contribution in [1.82, 2.24) is 14.8 Å². The number of carbonyl (C=O) groups is 3. The summed E-state index contributed by atoms with van der Waals surface area (Å²) in [5.74, 6) is -0.727. The van der Waals surface area contributed by atoms with E-state index in [-0.39, 0.29) is 12.5 Å². The SMILES string of the molecule is CCCNC(=O)CN1C(=O)S/C(=C\c2cc(C)n(C)c2C)C1=O. The van der Waals surface area contributed by atoms with Gasteiger partial charge in [-0.25, -0.2) is 0 Å². The number of nitrogens with zero attached hydrogens (tertiary/aromatic N) is 2. The van der Waals surface area contributed by atoms with Crippen LogP contribution in [0.3, 0.4) is 0 Å². The van der Waals surface area contributed by atoms with E-state index in [0.717, 1.165) is 40.0 Å². The standard InChI is InChI=1S/C16H21N3O3S/c1-5-6-17-14(20)9-19-15(21)13(23-16(19)22)8-12-7-10(2)18(4)11(12)3/h7-8H,5-6,9H2,1-4H3,(H,17,20)/b13-8-. The van der Waals surface area contributed by atoms with Gasteiger partial charge in [-0.3, -0.25) is 19.3 Å². The molecule has 0 aliphatic carbocycles. The van der Waals surface area contributed by atoms with E-state index in [0.29, 0.717) is 11.4 Å². The minimum Gasteiger partial charge on any atom is -0.355 e. The van der Waals surface area contributed by atoms with Crippen molar-refractivity contribution >= 4 is 34.9 Å². The highest BCUT2D eigenvalue weighted by Crippen LogP contribution is 2.32. The van der Waals surface area contributed by atoms with Gasteiger partial charge in [0.2, 0.25) is 5.91 Å². The zero-order valence-electron chi connectivity index (χ0n) is 13.8. The molecule has 0 bridgehead atoms. The van der Waals surface area contributed by atoms with E-state index in [1.165, 1.54) is 0 Å². The Morgan fingerprint density at radius 3 is 2.61 bits per heavy atom. The van der Waals surface area contributed by atoms with Crippen LogP contribution in [0.4, 0.5) is 4.79 Å². The summed E-state index contributed by atoms with van der Waals surface area (Å²) in [6, 6.07) is 1.97. The molecule has 1 aliphatic heterocycles. The predicted octanol–water partition coefficient (Wildman–Crippen LogP) is 2.20. The first-order valence-electron chi connectivity index (χ1n) is 7.50. The lowest BCUT2D eigenvalue weighted by atomic mass is 10.2. The third-order valence-electron chi connectivity index (χ3n) is 3.85. The lowest BCUT2D eigenvalue weighted by Gasteiger charge is -2.11. The van der Waals surface area contributed by atoms with E-state index in [9.17, 15) is 14.4 Å². The minimum absolute atomic E-state index is 0.227. The van der Waals surface area contributed by atoms with Gasteiger partial charge in [-0.1, -0.05) is 6.92 Å². The van der Waals surface area contributed by atoms with Gasteiger partial charge in [-0.05, 0) is 49.7 Å². The molecule has 7 heteroatoms. The van der Waals surface area contributed by atoms with E-state index in [4.69, 9.17) is 0 Å². The number of thioether (sulfide) groups is 1. The quantitative estimate of drug-likeness (QED) is 0.838. The summed E-state index contributed by atoms with van der Waals surface area (Å²) in [7, 11) is 1.95. The number of hydrogen-bond acceptors (Lipinski definition) is 4. The van der Waals surface area contributed by atoms with Crippen LogP contribution in [0, 0.1) is 13.8 Å². The molecule has 124 valence electrons. The Kier molecular flexibility index (Phi) is 5.30. The number of rotatable bonds is 5. The lowest BCUT2D eigenvalue weighted by molar-refractivity contribution is -0.129. The highest BCUT2D eigenvalue weighted by molar-refractivity contribution is 8.18. The van der Waals surface area contributed by atoms with Crippen molar-refractivity contribution < 1.29 is 14.4 Å². The lowest BCUT2D eigenvalue weighted by Crippen LogP contribution is -2.39. The summed E-state index contributed by atoms with van der Waals surface area (Å²) in [6.45, 7) is 6.19. The smallest absolute Gasteiger partial charge is 0.294 e. The average Bonchev–Trinajstić information content (AvgIpc) is 2.90. The van der Waals surface area contributed by atoms with Crippen LogP contribution in [0.1, 0.15) is 30.3 Å². The summed E-state index contributed by atoms with van der Waals surface area (Å²) in [5, 5.41) is 2.26. The molecule has 2 heterocycles. The fourth-order valence-corrected chi connectivity index (χ4v) is 3.10. The first-order valence-corrected chi connectivity index (χ1v) is 8.31. The summed E-state index contributed by atoms with van der Waals surface area (Å²) in [5.41, 5.74) is 3.01. The summed E-state index contributed by atoms with van der Waals surface area (Å²) < 4.78 is 2.02. The minimum atomic E-state index is -0.410. The zero-order valence-corrected chi connectivity index (χ0v) is 14.6. The van der Waals surface area contributed by atoms with Gasteiger partial charge in [0.15, 0.2) is 0 Å². The molecule has 3 amide bonds. The highest BCUT2D eigenvalue weighted by Gasteiger charge is 2.36. The molecule has 0 aromatic carbocycles. The molecule has 1 saturated heterocycles. The van der Waals surface area contributed by atoms with Crippen molar-refractivity contribution in [2.45, 2.75) is 27.2 Å². The van der Waals surface area contributed by atoms with Crippen LogP contribution in [-0.2, 0) is 16.6 Å². The van der Waals surface area contributed by atoms with Crippen LogP contribution in [0.25, 0.3) is 6.08 Å². The van der Waals surface area contributed by atoms with Gasteiger partial charge in [-0.15, -0.1) is 0 Å². The topological polar surface area (TPSA) is 71.4 Å². The molecule has 0 saturated carbocycles. The highest BCUT2D eigenvalue weighted by atomic mass is 32.2. The van der Waals surface area contributed by atoms with Gasteiger partial charge < -0.3 is 9.88 Å². The second-order valence-electron chi connectivity index (χ2n) is 5.50. The third-order valence-corrected chi connectivity index (χ3v) is 4.76. The molecule has 1 aromatic heterocycles. The van der Waals surface area contributed by atoms with Crippen molar-refractivity contribution in [2.75, 3.05) is 13.1 Å². The molecule has 1 aromatic rings. The van der Waals surface area contributed by atoms with Crippen molar-refractivity contribution in [3.05, 3.63) is 27.9 Å². The van der Waals surface area contributed by atoms with Gasteiger partial charge in [0.1, 0.15) is 6.54 Å². The molecule has 6 nitrogen and oxygen atoms in total. The van der Waals surface area contributed by atoms with Crippen LogP contribution >= 0.6 is 11.8 Å². The van der Waals surface area contributed by atoms with E-state index in [1.807, 2.05) is 38.5 Å². The van der Waals surface area contributed by atoms with Gasteiger partial charge in [0.25, 0.3) is 11.1 Å². The molecule has 2 rings (SSSR count). The number of imide groups is 1. The molecular formula is C16H21N3O3S. The fraction of sp³-hybridized carbons (Fsp3) is 0.438. The maximum atomic E-state index is 12.4. The average molecular weight is 335 g/mol. The molecule has 1 aliphatic rings. The van der Waals surface area contributed by atoms with Crippen LogP contribution in [0.5, 0.6) is 0 Å². The second kappa shape index (κ2) is 7.04. The number of hydrogen-bond donors (Lipinski definition) is 1. The van der Waals surface area contributed by atoms with Crippen molar-refractivity contribution in [2.24, 2.45) is 7.05 Å². The van der Waals surface area contributed by atoms with Crippen molar-refractivity contribution in [3.63, 3.8) is 0 Å². The Morgan fingerprint density at radius 2 is 2.04 bits per heavy atom. The van der Waals surface area contributed by atoms with Gasteiger partial charge >= 0.3 is 0 Å². The molecule has 0 unspecified atom stereocenters. The molecule has 0 atom stereocenters. The molecule has 1 N–H and O–H groups in total. The summed E-state index contributed by atoms with van der Waals surface area (Å²) >= 11 is 0.876. The monoisotopic (exact) mass is 335 g/mol.